The van der Waals surface area contributed by atoms with Crippen molar-refractivity contribution in [3.63, 3.8) is 0 Å². The molecule has 2 aromatic rings. The van der Waals surface area contributed by atoms with Crippen LogP contribution in [0.15, 0.2) is 42.6 Å². The topological polar surface area (TPSA) is 48.1 Å². The molecular formula is C14H15FN2O. The fourth-order valence-corrected chi connectivity index (χ4v) is 1.66. The first-order chi connectivity index (χ1) is 8.79. The van der Waals surface area contributed by atoms with Crippen molar-refractivity contribution in [2.24, 2.45) is 5.73 Å². The first-order valence-electron chi connectivity index (χ1n) is 5.81. The number of pyridine rings is 1. The zero-order chi connectivity index (χ0) is 12.8. The van der Waals surface area contributed by atoms with Crippen molar-refractivity contribution in [1.29, 1.82) is 0 Å². The summed E-state index contributed by atoms with van der Waals surface area (Å²) in [5, 5.41) is 0. The molecule has 0 bridgehead atoms. The van der Waals surface area contributed by atoms with Crippen molar-refractivity contribution in [1.82, 2.24) is 4.98 Å². The number of benzene rings is 1. The number of nitrogens with zero attached hydrogens (tertiary/aromatic N) is 1. The van der Waals surface area contributed by atoms with Crippen LogP contribution in [0, 0.1) is 5.82 Å². The van der Waals surface area contributed by atoms with E-state index in [0.29, 0.717) is 24.3 Å². The number of halogens is 1. The first-order valence-corrected chi connectivity index (χ1v) is 5.81. The SMILES string of the molecule is NCc1cc(F)ccc1OCCc1ccccn1. The Balaban J connectivity index is 1.94. The van der Waals surface area contributed by atoms with Crippen molar-refractivity contribution in [2.45, 2.75) is 13.0 Å². The third-order valence-electron chi connectivity index (χ3n) is 2.58. The molecule has 1 heterocycles. The molecule has 0 atom stereocenters. The lowest BCUT2D eigenvalue weighted by molar-refractivity contribution is 0.316. The molecule has 0 unspecified atom stereocenters. The number of nitrogens with two attached hydrogens (primary N) is 1. The smallest absolute Gasteiger partial charge is 0.123 e. The number of rotatable bonds is 5. The molecule has 0 saturated carbocycles. The normalized spacial score (nSPS) is 10.3. The lowest BCUT2D eigenvalue weighted by Gasteiger charge is -2.10. The van der Waals surface area contributed by atoms with Gasteiger partial charge in [-0.2, -0.15) is 0 Å². The van der Waals surface area contributed by atoms with Gasteiger partial charge in [0, 0.05) is 30.4 Å². The maximum absolute atomic E-state index is 13.0. The number of aromatic nitrogens is 1. The van der Waals surface area contributed by atoms with Gasteiger partial charge in [0.05, 0.1) is 6.61 Å². The van der Waals surface area contributed by atoms with Gasteiger partial charge in [0.1, 0.15) is 11.6 Å². The van der Waals surface area contributed by atoms with Crippen molar-refractivity contribution in [3.05, 3.63) is 59.7 Å². The van der Waals surface area contributed by atoms with Crippen molar-refractivity contribution in [2.75, 3.05) is 6.61 Å². The minimum Gasteiger partial charge on any atom is -0.493 e. The summed E-state index contributed by atoms with van der Waals surface area (Å²) in [6, 6.07) is 10.1. The maximum Gasteiger partial charge on any atom is 0.123 e. The lowest BCUT2D eigenvalue weighted by Crippen LogP contribution is -2.06. The van der Waals surface area contributed by atoms with Crippen LogP contribution in [0.1, 0.15) is 11.3 Å². The highest BCUT2D eigenvalue weighted by atomic mass is 19.1. The van der Waals surface area contributed by atoms with Gasteiger partial charge >= 0.3 is 0 Å². The summed E-state index contributed by atoms with van der Waals surface area (Å²) in [5.41, 5.74) is 7.19. The molecule has 94 valence electrons. The van der Waals surface area contributed by atoms with Gasteiger partial charge in [-0.3, -0.25) is 4.98 Å². The summed E-state index contributed by atoms with van der Waals surface area (Å²) in [5.74, 6) is 0.336. The predicted octanol–water partition coefficient (Wildman–Crippen LogP) is 2.30. The van der Waals surface area contributed by atoms with Gasteiger partial charge in [-0.15, -0.1) is 0 Å². The van der Waals surface area contributed by atoms with E-state index in [1.54, 1.807) is 12.3 Å². The lowest BCUT2D eigenvalue weighted by atomic mass is 10.2. The Morgan fingerprint density at radius 3 is 2.83 bits per heavy atom. The van der Waals surface area contributed by atoms with Crippen LogP contribution < -0.4 is 10.5 Å². The largest absolute Gasteiger partial charge is 0.493 e. The van der Waals surface area contributed by atoms with E-state index in [0.717, 1.165) is 5.69 Å². The Morgan fingerprint density at radius 2 is 2.11 bits per heavy atom. The molecule has 0 fully saturated rings. The van der Waals surface area contributed by atoms with Crippen molar-refractivity contribution >= 4 is 0 Å². The summed E-state index contributed by atoms with van der Waals surface area (Å²) >= 11 is 0. The number of hydrogen-bond donors (Lipinski definition) is 1. The summed E-state index contributed by atoms with van der Waals surface area (Å²) < 4.78 is 18.6. The summed E-state index contributed by atoms with van der Waals surface area (Å²) in [7, 11) is 0. The van der Waals surface area contributed by atoms with E-state index in [9.17, 15) is 4.39 Å². The van der Waals surface area contributed by atoms with E-state index in [1.165, 1.54) is 12.1 Å². The van der Waals surface area contributed by atoms with E-state index in [1.807, 2.05) is 18.2 Å². The second-order valence-electron chi connectivity index (χ2n) is 3.88. The molecule has 0 aliphatic carbocycles. The van der Waals surface area contributed by atoms with Crippen LogP contribution in [-0.2, 0) is 13.0 Å². The Bertz CT molecular complexity index is 502. The molecule has 2 N–H and O–H groups in total. The zero-order valence-corrected chi connectivity index (χ0v) is 9.97. The highest BCUT2D eigenvalue weighted by Crippen LogP contribution is 2.19. The van der Waals surface area contributed by atoms with Gasteiger partial charge in [0.2, 0.25) is 0 Å². The van der Waals surface area contributed by atoms with E-state index < -0.39 is 0 Å². The average molecular weight is 246 g/mol. The van der Waals surface area contributed by atoms with Crippen LogP contribution in [0.25, 0.3) is 0 Å². The molecule has 4 heteroatoms. The summed E-state index contributed by atoms with van der Waals surface area (Å²) in [6.45, 7) is 0.756. The van der Waals surface area contributed by atoms with Gasteiger partial charge in [-0.05, 0) is 30.3 Å². The molecule has 18 heavy (non-hydrogen) atoms. The summed E-state index contributed by atoms with van der Waals surface area (Å²) in [6.07, 6.45) is 2.46. The zero-order valence-electron chi connectivity index (χ0n) is 9.97. The van der Waals surface area contributed by atoms with Crippen LogP contribution in [0.5, 0.6) is 5.75 Å². The molecule has 0 saturated heterocycles. The molecule has 2 rings (SSSR count). The Kier molecular flexibility index (Phi) is 4.25. The van der Waals surface area contributed by atoms with E-state index >= 15 is 0 Å². The quantitative estimate of drug-likeness (QED) is 0.880. The first kappa shape index (κ1) is 12.5. The third-order valence-corrected chi connectivity index (χ3v) is 2.58. The molecular weight excluding hydrogens is 231 g/mol. The van der Waals surface area contributed by atoms with Crippen molar-refractivity contribution in [3.8, 4) is 5.75 Å². The maximum atomic E-state index is 13.0. The molecule has 0 aliphatic heterocycles. The van der Waals surface area contributed by atoms with Crippen molar-refractivity contribution < 1.29 is 9.13 Å². The minimum atomic E-state index is -0.299. The molecule has 1 aromatic carbocycles. The predicted molar refractivity (Wildman–Crippen MR) is 67.7 cm³/mol. The highest BCUT2D eigenvalue weighted by molar-refractivity contribution is 5.33. The van der Waals surface area contributed by atoms with Gasteiger partial charge < -0.3 is 10.5 Å². The monoisotopic (exact) mass is 246 g/mol. The number of hydrogen-bond acceptors (Lipinski definition) is 3. The highest BCUT2D eigenvalue weighted by Gasteiger charge is 2.04. The standard InChI is InChI=1S/C14H15FN2O/c15-12-4-5-14(11(9-12)10-16)18-8-6-13-3-1-2-7-17-13/h1-5,7,9H,6,8,10,16H2. The molecule has 3 nitrogen and oxygen atoms in total. The van der Waals surface area contributed by atoms with E-state index in [4.69, 9.17) is 10.5 Å². The van der Waals surface area contributed by atoms with Crippen LogP contribution in [0.2, 0.25) is 0 Å². The van der Waals surface area contributed by atoms with Gasteiger partial charge in [0.15, 0.2) is 0 Å². The third kappa shape index (κ3) is 3.28. The molecule has 0 spiro atoms. The molecule has 0 amide bonds. The molecule has 1 aromatic heterocycles. The Hall–Kier alpha value is -1.94. The fourth-order valence-electron chi connectivity index (χ4n) is 1.66. The average Bonchev–Trinajstić information content (AvgIpc) is 2.41. The van der Waals surface area contributed by atoms with E-state index in [-0.39, 0.29) is 12.4 Å². The van der Waals surface area contributed by atoms with Gasteiger partial charge in [0.25, 0.3) is 0 Å². The Morgan fingerprint density at radius 1 is 1.22 bits per heavy atom. The van der Waals surface area contributed by atoms with Crippen LogP contribution in [0.3, 0.4) is 0 Å². The van der Waals surface area contributed by atoms with E-state index in [2.05, 4.69) is 4.98 Å². The summed E-state index contributed by atoms with van der Waals surface area (Å²) in [4.78, 5) is 4.20. The number of ether oxygens (including phenoxy) is 1. The second kappa shape index (κ2) is 6.12. The second-order valence-corrected chi connectivity index (χ2v) is 3.88. The molecule has 0 aliphatic rings. The molecule has 0 radical (unpaired) electrons. The Labute approximate surface area is 105 Å². The van der Waals surface area contributed by atoms with Crippen LogP contribution >= 0.6 is 0 Å². The van der Waals surface area contributed by atoms with Crippen LogP contribution in [-0.4, -0.2) is 11.6 Å². The van der Waals surface area contributed by atoms with Gasteiger partial charge in [-0.25, -0.2) is 4.39 Å². The van der Waals surface area contributed by atoms with Crippen LogP contribution in [0.4, 0.5) is 4.39 Å². The fraction of sp³-hybridized carbons (Fsp3) is 0.214. The minimum absolute atomic E-state index is 0.261. The van der Waals surface area contributed by atoms with Gasteiger partial charge in [-0.1, -0.05) is 6.07 Å².